The molecule has 2 amide bonds. The number of benzene rings is 2. The normalized spacial score (nSPS) is 17.1. The first kappa shape index (κ1) is 22.4. The zero-order valence-corrected chi connectivity index (χ0v) is 18.6. The Morgan fingerprint density at radius 1 is 1.18 bits per heavy atom. The van der Waals surface area contributed by atoms with Gasteiger partial charge in [-0.3, -0.25) is 14.5 Å². The predicted octanol–water partition coefficient (Wildman–Crippen LogP) is 4.47. The Labute approximate surface area is 194 Å². The SMILES string of the molecule is Cc1ccc(N2C(=O)[C@@H](Cc3ccc(F)cc3)S/C2=C(\C#N)C(=O)NCc2ccco2)cc1. The number of halogens is 1. The van der Waals surface area contributed by atoms with Crippen LogP contribution >= 0.6 is 11.8 Å². The molecule has 1 aliphatic heterocycles. The van der Waals surface area contributed by atoms with E-state index in [2.05, 4.69) is 5.32 Å². The van der Waals surface area contributed by atoms with Crippen molar-refractivity contribution in [2.75, 3.05) is 4.90 Å². The maximum atomic E-state index is 13.4. The van der Waals surface area contributed by atoms with Crippen LogP contribution in [-0.2, 0) is 22.6 Å². The van der Waals surface area contributed by atoms with Gasteiger partial charge < -0.3 is 9.73 Å². The molecular formula is C25H20FN3O3S. The molecule has 0 unspecified atom stereocenters. The van der Waals surface area contributed by atoms with E-state index in [0.29, 0.717) is 17.9 Å². The first-order valence-corrected chi connectivity index (χ1v) is 11.1. The van der Waals surface area contributed by atoms with E-state index < -0.39 is 11.2 Å². The highest BCUT2D eigenvalue weighted by atomic mass is 32.2. The van der Waals surface area contributed by atoms with Crippen LogP contribution in [0.3, 0.4) is 0 Å². The molecule has 6 nitrogen and oxygen atoms in total. The quantitative estimate of drug-likeness (QED) is 0.432. The number of carbonyl (C=O) groups excluding carboxylic acids is 2. The number of hydrogen-bond acceptors (Lipinski definition) is 5. The second-order valence-corrected chi connectivity index (χ2v) is 8.69. The monoisotopic (exact) mass is 461 g/mol. The molecule has 1 saturated heterocycles. The number of nitrogens with one attached hydrogen (secondary N) is 1. The number of amides is 2. The van der Waals surface area contributed by atoms with Gasteiger partial charge in [0.2, 0.25) is 5.91 Å². The largest absolute Gasteiger partial charge is 0.467 e. The van der Waals surface area contributed by atoms with Crippen molar-refractivity contribution in [1.29, 1.82) is 5.26 Å². The van der Waals surface area contributed by atoms with Crippen LogP contribution in [0.5, 0.6) is 0 Å². The Balaban J connectivity index is 1.67. The summed E-state index contributed by atoms with van der Waals surface area (Å²) >= 11 is 1.16. The molecule has 2 heterocycles. The van der Waals surface area contributed by atoms with Gasteiger partial charge in [-0.05, 0) is 55.3 Å². The lowest BCUT2D eigenvalue weighted by atomic mass is 10.1. The standard InChI is InChI=1S/C25H20FN3O3S/c1-16-4-10-19(11-5-16)29-24(31)22(13-17-6-8-18(26)9-7-17)33-25(29)21(14-27)23(30)28-15-20-3-2-12-32-20/h2-12,22H,13,15H2,1H3,(H,28,30)/b25-21+/t22-/m1/s1. The van der Waals surface area contributed by atoms with E-state index in [1.807, 2.05) is 25.1 Å². The van der Waals surface area contributed by atoms with E-state index in [1.165, 1.54) is 23.3 Å². The molecule has 0 bridgehead atoms. The molecule has 0 saturated carbocycles. The van der Waals surface area contributed by atoms with E-state index in [-0.39, 0.29) is 28.9 Å². The van der Waals surface area contributed by atoms with Gasteiger partial charge in [0.25, 0.3) is 5.91 Å². The molecule has 166 valence electrons. The van der Waals surface area contributed by atoms with Crippen LogP contribution in [0.2, 0.25) is 0 Å². The number of thioether (sulfide) groups is 1. The van der Waals surface area contributed by atoms with Crippen LogP contribution in [0.25, 0.3) is 0 Å². The lowest BCUT2D eigenvalue weighted by Crippen LogP contribution is -2.32. The Hall–Kier alpha value is -3.83. The Bertz CT molecular complexity index is 1230. The molecule has 1 aliphatic rings. The van der Waals surface area contributed by atoms with Crippen LogP contribution in [0.4, 0.5) is 10.1 Å². The molecular weight excluding hydrogens is 441 g/mol. The Morgan fingerprint density at radius 3 is 2.55 bits per heavy atom. The maximum absolute atomic E-state index is 13.4. The fourth-order valence-electron chi connectivity index (χ4n) is 3.42. The van der Waals surface area contributed by atoms with Gasteiger partial charge in [-0.25, -0.2) is 4.39 Å². The number of hydrogen-bond donors (Lipinski definition) is 1. The van der Waals surface area contributed by atoms with Crippen molar-refractivity contribution in [2.45, 2.75) is 25.1 Å². The fourth-order valence-corrected chi connectivity index (χ4v) is 4.73. The number of carbonyl (C=O) groups is 2. The van der Waals surface area contributed by atoms with E-state index >= 15 is 0 Å². The van der Waals surface area contributed by atoms with Gasteiger partial charge in [0.15, 0.2) is 0 Å². The zero-order chi connectivity index (χ0) is 23.4. The minimum atomic E-state index is -0.594. The molecule has 0 aliphatic carbocycles. The number of nitriles is 1. The van der Waals surface area contributed by atoms with Crippen molar-refractivity contribution in [3.63, 3.8) is 0 Å². The van der Waals surface area contributed by atoms with Crippen LogP contribution in [0.1, 0.15) is 16.9 Å². The second kappa shape index (κ2) is 9.76. The van der Waals surface area contributed by atoms with Gasteiger partial charge in [0, 0.05) is 5.69 Å². The molecule has 1 fully saturated rings. The molecule has 0 spiro atoms. The summed E-state index contributed by atoms with van der Waals surface area (Å²) in [6.45, 7) is 2.05. The summed E-state index contributed by atoms with van der Waals surface area (Å²) in [6.07, 6.45) is 1.83. The van der Waals surface area contributed by atoms with E-state index in [9.17, 15) is 19.2 Å². The van der Waals surface area contributed by atoms with Gasteiger partial charge in [-0.2, -0.15) is 5.26 Å². The highest BCUT2D eigenvalue weighted by Crippen LogP contribution is 2.42. The van der Waals surface area contributed by atoms with Crippen molar-refractivity contribution in [2.24, 2.45) is 0 Å². The highest BCUT2D eigenvalue weighted by molar-refractivity contribution is 8.05. The summed E-state index contributed by atoms with van der Waals surface area (Å²) in [5.41, 5.74) is 2.22. The third-order valence-corrected chi connectivity index (χ3v) is 6.40. The summed E-state index contributed by atoms with van der Waals surface area (Å²) < 4.78 is 18.5. The molecule has 33 heavy (non-hydrogen) atoms. The second-order valence-electron chi connectivity index (χ2n) is 7.50. The summed E-state index contributed by atoms with van der Waals surface area (Å²) in [7, 11) is 0. The summed E-state index contributed by atoms with van der Waals surface area (Å²) in [5, 5.41) is 12.2. The lowest BCUT2D eigenvalue weighted by molar-refractivity contribution is -0.117. The minimum Gasteiger partial charge on any atom is -0.467 e. The molecule has 1 aromatic heterocycles. The van der Waals surface area contributed by atoms with Crippen LogP contribution < -0.4 is 10.2 Å². The first-order chi connectivity index (χ1) is 16.0. The van der Waals surface area contributed by atoms with Crippen LogP contribution in [0.15, 0.2) is 81.9 Å². The molecule has 2 aromatic carbocycles. The van der Waals surface area contributed by atoms with Crippen LogP contribution in [0, 0.1) is 24.1 Å². The molecule has 1 atom stereocenters. The summed E-state index contributed by atoms with van der Waals surface area (Å²) in [6, 6.07) is 18.6. The molecule has 8 heteroatoms. The number of anilines is 1. The van der Waals surface area contributed by atoms with Gasteiger partial charge in [0.1, 0.15) is 28.2 Å². The smallest absolute Gasteiger partial charge is 0.265 e. The fraction of sp³-hybridized carbons (Fsp3) is 0.160. The van der Waals surface area contributed by atoms with Crippen molar-refractivity contribution in [1.82, 2.24) is 5.32 Å². The number of rotatable bonds is 6. The number of furan rings is 1. The van der Waals surface area contributed by atoms with Crippen molar-refractivity contribution < 1.29 is 18.4 Å². The molecule has 1 N–H and O–H groups in total. The van der Waals surface area contributed by atoms with E-state index in [1.54, 1.807) is 36.4 Å². The maximum Gasteiger partial charge on any atom is 0.265 e. The van der Waals surface area contributed by atoms with Crippen molar-refractivity contribution in [3.8, 4) is 6.07 Å². The van der Waals surface area contributed by atoms with Gasteiger partial charge >= 0.3 is 0 Å². The summed E-state index contributed by atoms with van der Waals surface area (Å²) in [4.78, 5) is 27.7. The van der Waals surface area contributed by atoms with Crippen LogP contribution in [-0.4, -0.2) is 17.1 Å². The average Bonchev–Trinajstić information content (AvgIpc) is 3.44. The summed E-state index contributed by atoms with van der Waals surface area (Å²) in [5.74, 6) is -0.644. The lowest BCUT2D eigenvalue weighted by Gasteiger charge is -2.19. The minimum absolute atomic E-state index is 0.118. The van der Waals surface area contributed by atoms with Crippen molar-refractivity contribution >= 4 is 29.3 Å². The first-order valence-electron chi connectivity index (χ1n) is 10.2. The van der Waals surface area contributed by atoms with E-state index in [4.69, 9.17) is 4.42 Å². The molecule has 4 rings (SSSR count). The third-order valence-electron chi connectivity index (χ3n) is 5.14. The molecule has 0 radical (unpaired) electrons. The zero-order valence-electron chi connectivity index (χ0n) is 17.7. The van der Waals surface area contributed by atoms with Crippen molar-refractivity contribution in [3.05, 3.63) is 100 Å². The number of aryl methyl sites for hydroxylation is 1. The topological polar surface area (TPSA) is 86.3 Å². The average molecular weight is 462 g/mol. The van der Waals surface area contributed by atoms with E-state index in [0.717, 1.165) is 22.9 Å². The predicted molar refractivity (Wildman–Crippen MR) is 123 cm³/mol. The Morgan fingerprint density at radius 2 is 1.91 bits per heavy atom. The molecule has 3 aromatic rings. The third kappa shape index (κ3) is 4.99. The number of nitrogens with zero attached hydrogens (tertiary/aromatic N) is 2. The Kier molecular flexibility index (Phi) is 6.61. The van der Waals surface area contributed by atoms with Gasteiger partial charge in [-0.15, -0.1) is 0 Å². The van der Waals surface area contributed by atoms with Gasteiger partial charge in [-0.1, -0.05) is 41.6 Å². The highest BCUT2D eigenvalue weighted by Gasteiger charge is 2.40. The van der Waals surface area contributed by atoms with Gasteiger partial charge in [0.05, 0.1) is 18.1 Å².